The van der Waals surface area contributed by atoms with Crippen LogP contribution in [-0.4, -0.2) is 64.2 Å². The van der Waals surface area contributed by atoms with E-state index < -0.39 is 16.1 Å². The number of nitrogens with zero attached hydrogens (tertiary/aromatic N) is 2. The van der Waals surface area contributed by atoms with Crippen LogP contribution in [0.4, 0.5) is 5.69 Å². The van der Waals surface area contributed by atoms with E-state index in [9.17, 15) is 18.0 Å². The van der Waals surface area contributed by atoms with Crippen molar-refractivity contribution in [1.29, 1.82) is 0 Å². The topological polar surface area (TPSA) is 105 Å². The van der Waals surface area contributed by atoms with E-state index in [4.69, 9.17) is 21.1 Å². The first-order valence-corrected chi connectivity index (χ1v) is 14.7. The highest BCUT2D eigenvalue weighted by Gasteiger charge is 2.29. The Labute approximate surface area is 231 Å². The Balaban J connectivity index is 2.26. The zero-order chi connectivity index (χ0) is 28.5. The lowest BCUT2D eigenvalue weighted by molar-refractivity contribution is -0.141. The maximum atomic E-state index is 13.5. The number of amides is 2. The van der Waals surface area contributed by atoms with Crippen molar-refractivity contribution < 1.29 is 27.5 Å². The molecule has 2 aromatic rings. The molecule has 38 heavy (non-hydrogen) atoms. The number of hydrogen-bond donors (Lipinski definition) is 1. The molecule has 0 saturated carbocycles. The molecular weight excluding hydrogens is 530 g/mol. The maximum absolute atomic E-state index is 13.5. The lowest BCUT2D eigenvalue weighted by atomic mass is 10.1. The third-order valence-electron chi connectivity index (χ3n) is 5.88. The highest BCUT2D eigenvalue weighted by molar-refractivity contribution is 7.92. The second kappa shape index (κ2) is 14.2. The Bertz CT molecular complexity index is 1210. The largest absolute Gasteiger partial charge is 0.497 e. The van der Waals surface area contributed by atoms with E-state index >= 15 is 0 Å². The van der Waals surface area contributed by atoms with Crippen LogP contribution in [0.25, 0.3) is 0 Å². The van der Waals surface area contributed by atoms with E-state index in [2.05, 4.69) is 5.32 Å². The molecule has 2 amide bonds. The third-order valence-corrected chi connectivity index (χ3v) is 7.37. The van der Waals surface area contributed by atoms with Gasteiger partial charge in [-0.15, -0.1) is 0 Å². The monoisotopic (exact) mass is 567 g/mol. The summed E-state index contributed by atoms with van der Waals surface area (Å²) in [6.07, 6.45) is 1.82. The second-order valence-corrected chi connectivity index (χ2v) is 11.5. The highest BCUT2D eigenvalue weighted by Crippen LogP contribution is 2.30. The molecule has 0 aliphatic heterocycles. The van der Waals surface area contributed by atoms with Crippen LogP contribution in [-0.2, 0) is 26.2 Å². The summed E-state index contributed by atoms with van der Waals surface area (Å²) >= 11 is 6.21. The summed E-state index contributed by atoms with van der Waals surface area (Å²) in [6, 6.07) is 11.3. The van der Waals surface area contributed by atoms with E-state index in [0.717, 1.165) is 11.8 Å². The molecular formula is C27H38ClN3O6S. The van der Waals surface area contributed by atoms with E-state index in [-0.39, 0.29) is 48.8 Å². The lowest BCUT2D eigenvalue weighted by Crippen LogP contribution is -2.50. The molecule has 0 bridgehead atoms. The molecule has 1 atom stereocenters. The number of halogens is 1. The first kappa shape index (κ1) is 31.2. The zero-order valence-corrected chi connectivity index (χ0v) is 24.4. The minimum Gasteiger partial charge on any atom is -0.497 e. The molecule has 0 heterocycles. The number of nitrogens with one attached hydrogen (secondary N) is 1. The number of benzene rings is 2. The summed E-state index contributed by atoms with van der Waals surface area (Å²) < 4.78 is 36.8. The molecule has 0 fully saturated rings. The number of ether oxygens (including phenoxy) is 2. The molecule has 0 aliphatic rings. The number of sulfonamides is 1. The Hall–Kier alpha value is -2.98. The van der Waals surface area contributed by atoms with Gasteiger partial charge in [-0.25, -0.2) is 8.42 Å². The fourth-order valence-electron chi connectivity index (χ4n) is 4.08. The molecule has 0 aromatic heterocycles. The van der Waals surface area contributed by atoms with Gasteiger partial charge in [0.05, 0.1) is 31.2 Å². The Morgan fingerprint density at radius 1 is 1.08 bits per heavy atom. The maximum Gasteiger partial charge on any atom is 0.243 e. The van der Waals surface area contributed by atoms with Crippen molar-refractivity contribution in [2.75, 3.05) is 31.3 Å². The molecule has 0 spiro atoms. The van der Waals surface area contributed by atoms with Crippen molar-refractivity contribution in [2.45, 2.75) is 58.7 Å². The number of hydrogen-bond acceptors (Lipinski definition) is 6. The van der Waals surface area contributed by atoms with E-state index in [1.165, 1.54) is 17.5 Å². The number of methoxy groups -OCH3 is 2. The van der Waals surface area contributed by atoms with Gasteiger partial charge in [0.25, 0.3) is 0 Å². The van der Waals surface area contributed by atoms with Crippen molar-refractivity contribution in [3.63, 3.8) is 0 Å². The van der Waals surface area contributed by atoms with Crippen molar-refractivity contribution in [2.24, 2.45) is 0 Å². The van der Waals surface area contributed by atoms with Crippen LogP contribution >= 0.6 is 11.6 Å². The smallest absolute Gasteiger partial charge is 0.243 e. The molecule has 2 aromatic carbocycles. The Morgan fingerprint density at radius 2 is 1.79 bits per heavy atom. The summed E-state index contributed by atoms with van der Waals surface area (Å²) in [5, 5.41) is 3.18. The summed E-state index contributed by atoms with van der Waals surface area (Å²) in [5.41, 5.74) is 1.20. The van der Waals surface area contributed by atoms with Crippen LogP contribution < -0.4 is 19.1 Å². The molecule has 9 nitrogen and oxygen atoms in total. The van der Waals surface area contributed by atoms with Crippen LogP contribution in [0.3, 0.4) is 0 Å². The van der Waals surface area contributed by atoms with Crippen molar-refractivity contribution in [3.05, 3.63) is 53.1 Å². The first-order chi connectivity index (χ1) is 17.9. The van der Waals surface area contributed by atoms with Crippen molar-refractivity contribution in [3.8, 4) is 11.5 Å². The Kier molecular flexibility index (Phi) is 11.7. The lowest BCUT2D eigenvalue weighted by Gasteiger charge is -2.31. The minimum absolute atomic E-state index is 0.0470. The van der Waals surface area contributed by atoms with Gasteiger partial charge in [-0.2, -0.15) is 0 Å². The summed E-state index contributed by atoms with van der Waals surface area (Å²) in [4.78, 5) is 28.1. The zero-order valence-electron chi connectivity index (χ0n) is 22.9. The number of anilines is 1. The van der Waals surface area contributed by atoms with Crippen LogP contribution in [0, 0.1) is 0 Å². The van der Waals surface area contributed by atoms with Gasteiger partial charge in [0.2, 0.25) is 21.8 Å². The van der Waals surface area contributed by atoms with Gasteiger partial charge in [-0.3, -0.25) is 13.9 Å². The molecule has 210 valence electrons. The highest BCUT2D eigenvalue weighted by atomic mass is 35.5. The molecule has 1 N–H and O–H groups in total. The average molecular weight is 568 g/mol. The van der Waals surface area contributed by atoms with E-state index in [1.807, 2.05) is 45.0 Å². The quantitative estimate of drug-likeness (QED) is 0.366. The van der Waals surface area contributed by atoms with Gasteiger partial charge < -0.3 is 19.7 Å². The normalized spacial score (nSPS) is 12.1. The molecule has 0 aliphatic carbocycles. The predicted octanol–water partition coefficient (Wildman–Crippen LogP) is 4.24. The molecule has 2 rings (SSSR count). The first-order valence-electron chi connectivity index (χ1n) is 12.4. The molecule has 0 saturated heterocycles. The van der Waals surface area contributed by atoms with Crippen molar-refractivity contribution in [1.82, 2.24) is 10.2 Å². The molecule has 0 radical (unpaired) electrons. The summed E-state index contributed by atoms with van der Waals surface area (Å²) in [7, 11) is -0.604. The van der Waals surface area contributed by atoms with Crippen LogP contribution in [0.15, 0.2) is 42.5 Å². The number of carbonyl (C=O) groups is 2. The Morgan fingerprint density at radius 3 is 2.34 bits per heavy atom. The van der Waals surface area contributed by atoms with E-state index in [0.29, 0.717) is 23.6 Å². The third kappa shape index (κ3) is 8.80. The van der Waals surface area contributed by atoms with Gasteiger partial charge in [0.15, 0.2) is 0 Å². The van der Waals surface area contributed by atoms with Gasteiger partial charge in [-0.1, -0.05) is 30.7 Å². The number of carbonyl (C=O) groups excluding carboxylic acids is 2. The summed E-state index contributed by atoms with van der Waals surface area (Å²) in [5.74, 6) is 0.596. The summed E-state index contributed by atoms with van der Waals surface area (Å²) in [6.45, 7) is 5.86. The molecule has 0 unspecified atom stereocenters. The van der Waals surface area contributed by atoms with Crippen LogP contribution in [0.2, 0.25) is 5.02 Å². The van der Waals surface area contributed by atoms with Crippen LogP contribution in [0.5, 0.6) is 11.5 Å². The SMILES string of the molecule is CC[C@H](C(=O)NC(C)C)N(Cc1cccc(OC)c1)C(=O)CCCN(c1ccc(OC)c(Cl)c1)S(C)(=O)=O. The van der Waals surface area contributed by atoms with Gasteiger partial charge in [0.1, 0.15) is 17.5 Å². The van der Waals surface area contributed by atoms with E-state index in [1.54, 1.807) is 24.1 Å². The standard InChI is InChI=1S/C27H38ClN3O6S/c1-7-24(27(33)29-19(2)3)30(18-20-10-8-11-22(16-20)36-4)26(32)12-9-15-31(38(6,34)35)21-13-14-25(37-5)23(28)17-21/h8,10-11,13-14,16-17,19,24H,7,9,12,15,18H2,1-6H3,(H,29,33)/t24-/m1/s1. The minimum atomic E-state index is -3.65. The fraction of sp³-hybridized carbons (Fsp3) is 0.481. The van der Waals surface area contributed by atoms with Crippen molar-refractivity contribution >= 4 is 39.1 Å². The fourth-order valence-corrected chi connectivity index (χ4v) is 5.29. The van der Waals surface area contributed by atoms with Gasteiger partial charge in [0, 0.05) is 25.6 Å². The number of rotatable bonds is 14. The van der Waals surface area contributed by atoms with Crippen LogP contribution in [0.1, 0.15) is 45.6 Å². The second-order valence-electron chi connectivity index (χ2n) is 9.22. The van der Waals surface area contributed by atoms with Gasteiger partial charge >= 0.3 is 0 Å². The van der Waals surface area contributed by atoms with Gasteiger partial charge in [-0.05, 0) is 62.6 Å². The predicted molar refractivity (Wildman–Crippen MR) is 150 cm³/mol. The average Bonchev–Trinajstić information content (AvgIpc) is 2.85. The molecule has 11 heteroatoms.